The summed E-state index contributed by atoms with van der Waals surface area (Å²) in [4.78, 5) is 40.2. The van der Waals surface area contributed by atoms with E-state index >= 15 is 0 Å². The number of rotatable bonds is 3. The van der Waals surface area contributed by atoms with Gasteiger partial charge in [0.15, 0.2) is 5.13 Å². The molecule has 1 fully saturated rings. The fourth-order valence-electron chi connectivity index (χ4n) is 3.56. The van der Waals surface area contributed by atoms with Gasteiger partial charge in [-0.25, -0.2) is 9.97 Å². The Morgan fingerprint density at radius 3 is 2.79 bits per heavy atom. The summed E-state index contributed by atoms with van der Waals surface area (Å²) in [7, 11) is 0. The van der Waals surface area contributed by atoms with Crippen LogP contribution in [0.5, 0.6) is 0 Å². The molecule has 0 spiro atoms. The minimum Gasteiger partial charge on any atom is -0.344 e. The van der Waals surface area contributed by atoms with Crippen LogP contribution in [-0.2, 0) is 9.59 Å². The molecule has 2 aliphatic rings. The van der Waals surface area contributed by atoms with Crippen LogP contribution >= 0.6 is 23.1 Å². The molecule has 1 unspecified atom stereocenters. The Morgan fingerprint density at radius 1 is 1.14 bits per heavy atom. The number of pyridine rings is 1. The molecule has 9 heteroatoms. The van der Waals surface area contributed by atoms with E-state index < -0.39 is 0 Å². The number of carbonyl (C=O) groups is 2. The van der Waals surface area contributed by atoms with E-state index in [1.54, 1.807) is 17.5 Å². The molecule has 1 saturated heterocycles. The number of piperazine rings is 1. The van der Waals surface area contributed by atoms with Gasteiger partial charge < -0.3 is 15.1 Å². The maximum Gasteiger partial charge on any atom is 0.238 e. The van der Waals surface area contributed by atoms with Crippen LogP contribution in [0.1, 0.15) is 6.42 Å². The molecule has 5 rings (SSSR count). The van der Waals surface area contributed by atoms with E-state index in [0.717, 1.165) is 39.2 Å². The van der Waals surface area contributed by atoms with E-state index in [-0.39, 0.29) is 23.5 Å². The van der Waals surface area contributed by atoms with Crippen LogP contribution in [0.15, 0.2) is 47.5 Å². The second-order valence-corrected chi connectivity index (χ2v) is 9.19. The van der Waals surface area contributed by atoms with Crippen LogP contribution in [0.3, 0.4) is 0 Å². The van der Waals surface area contributed by atoms with E-state index in [4.69, 9.17) is 0 Å². The average Bonchev–Trinajstić information content (AvgIpc) is 3.19. The number of amides is 2. The first-order chi connectivity index (χ1) is 14.2. The van der Waals surface area contributed by atoms with Crippen LogP contribution < -0.4 is 10.2 Å². The highest BCUT2D eigenvalue weighted by Crippen LogP contribution is 2.37. The molecule has 7 nitrogen and oxygen atoms in total. The molecule has 0 radical (unpaired) electrons. The van der Waals surface area contributed by atoms with Crippen molar-refractivity contribution in [2.45, 2.75) is 16.6 Å². The predicted molar refractivity (Wildman–Crippen MR) is 116 cm³/mol. The summed E-state index contributed by atoms with van der Waals surface area (Å²) in [6, 6.07) is 11.6. The monoisotopic (exact) mass is 425 g/mol. The first kappa shape index (κ1) is 18.4. The SMILES string of the molecule is O=C1Nc2ccccc2SC1CC(=O)N1CCN(c2nc3cccnc3s2)CC1. The van der Waals surface area contributed by atoms with Gasteiger partial charge >= 0.3 is 0 Å². The number of hydrogen-bond acceptors (Lipinski definition) is 7. The normalized spacial score (nSPS) is 19.2. The second-order valence-electron chi connectivity index (χ2n) is 6.99. The number of anilines is 2. The Bertz CT molecular complexity index is 1040. The van der Waals surface area contributed by atoms with E-state index in [9.17, 15) is 9.59 Å². The molecule has 0 saturated carbocycles. The van der Waals surface area contributed by atoms with Gasteiger partial charge in [0.25, 0.3) is 0 Å². The van der Waals surface area contributed by atoms with Crippen molar-refractivity contribution in [1.29, 1.82) is 0 Å². The number of para-hydroxylation sites is 1. The highest BCUT2D eigenvalue weighted by Gasteiger charge is 2.31. The molecule has 2 aromatic heterocycles. The Kier molecular flexibility index (Phi) is 4.84. The van der Waals surface area contributed by atoms with Gasteiger partial charge in [0.2, 0.25) is 11.8 Å². The maximum absolute atomic E-state index is 12.8. The van der Waals surface area contributed by atoms with Gasteiger partial charge in [0.05, 0.1) is 10.9 Å². The Hall–Kier alpha value is -2.65. The minimum absolute atomic E-state index is 0.0302. The first-order valence-corrected chi connectivity index (χ1v) is 11.2. The largest absolute Gasteiger partial charge is 0.344 e. The van der Waals surface area contributed by atoms with Gasteiger partial charge in [-0.05, 0) is 24.3 Å². The van der Waals surface area contributed by atoms with Crippen LogP contribution in [0.25, 0.3) is 10.3 Å². The molecule has 1 atom stereocenters. The zero-order valence-electron chi connectivity index (χ0n) is 15.6. The van der Waals surface area contributed by atoms with Crippen LogP contribution in [0, 0.1) is 0 Å². The third-order valence-electron chi connectivity index (χ3n) is 5.12. The van der Waals surface area contributed by atoms with Crippen molar-refractivity contribution >= 4 is 56.1 Å². The number of thioether (sulfide) groups is 1. The molecule has 1 N–H and O–H groups in total. The topological polar surface area (TPSA) is 78.4 Å². The lowest BCUT2D eigenvalue weighted by Gasteiger charge is -2.35. The van der Waals surface area contributed by atoms with Gasteiger partial charge in [-0.1, -0.05) is 23.5 Å². The van der Waals surface area contributed by atoms with Crippen molar-refractivity contribution in [3.05, 3.63) is 42.6 Å². The number of nitrogens with one attached hydrogen (secondary N) is 1. The quantitative estimate of drug-likeness (QED) is 0.695. The number of benzene rings is 1. The number of aromatic nitrogens is 2. The summed E-state index contributed by atoms with van der Waals surface area (Å²) in [6.45, 7) is 2.74. The van der Waals surface area contributed by atoms with Crippen molar-refractivity contribution < 1.29 is 9.59 Å². The molecular formula is C20H19N5O2S2. The van der Waals surface area contributed by atoms with Crippen molar-refractivity contribution in [3.63, 3.8) is 0 Å². The number of nitrogens with zero attached hydrogens (tertiary/aromatic N) is 4. The molecule has 148 valence electrons. The van der Waals surface area contributed by atoms with Crippen molar-refractivity contribution in [2.24, 2.45) is 0 Å². The van der Waals surface area contributed by atoms with Crippen LogP contribution in [-0.4, -0.2) is 58.1 Å². The van der Waals surface area contributed by atoms with Crippen molar-refractivity contribution in [2.75, 3.05) is 36.4 Å². The number of carbonyl (C=O) groups excluding carboxylic acids is 2. The standard InChI is InChI=1S/C20H19N5O2S2/c26-17(12-16-18(27)22-13-4-1-2-6-15(13)28-16)24-8-10-25(11-9-24)20-23-14-5-3-7-21-19(14)29-20/h1-7,16H,8-12H2,(H,22,27). The van der Waals surface area contributed by atoms with Crippen LogP contribution in [0.2, 0.25) is 0 Å². The first-order valence-electron chi connectivity index (χ1n) is 9.48. The molecule has 3 aromatic rings. The third kappa shape index (κ3) is 3.67. The van der Waals surface area contributed by atoms with Crippen LogP contribution in [0.4, 0.5) is 10.8 Å². The van der Waals surface area contributed by atoms with Crippen molar-refractivity contribution in [3.8, 4) is 0 Å². The molecule has 1 aromatic carbocycles. The zero-order valence-corrected chi connectivity index (χ0v) is 17.2. The summed E-state index contributed by atoms with van der Waals surface area (Å²) < 4.78 is 0. The van der Waals surface area contributed by atoms with E-state index in [0.29, 0.717) is 13.1 Å². The lowest BCUT2D eigenvalue weighted by molar-refractivity contribution is -0.132. The molecule has 2 amide bonds. The number of thiazole rings is 1. The highest BCUT2D eigenvalue weighted by atomic mass is 32.2. The van der Waals surface area contributed by atoms with Gasteiger partial charge in [0.1, 0.15) is 10.3 Å². The number of fused-ring (bicyclic) bond motifs is 2. The zero-order chi connectivity index (χ0) is 19.8. The lowest BCUT2D eigenvalue weighted by Crippen LogP contribution is -2.49. The summed E-state index contributed by atoms with van der Waals surface area (Å²) in [6.07, 6.45) is 1.99. The molecular weight excluding hydrogens is 406 g/mol. The predicted octanol–water partition coefficient (Wildman–Crippen LogP) is 2.84. The van der Waals surface area contributed by atoms with Gasteiger partial charge in [-0.2, -0.15) is 0 Å². The minimum atomic E-state index is -0.384. The molecule has 29 heavy (non-hydrogen) atoms. The summed E-state index contributed by atoms with van der Waals surface area (Å²) in [5, 5.41) is 3.47. The molecule has 2 aliphatic heterocycles. The Morgan fingerprint density at radius 2 is 1.97 bits per heavy atom. The fourth-order valence-corrected chi connectivity index (χ4v) is 5.62. The summed E-state index contributed by atoms with van der Waals surface area (Å²) >= 11 is 3.05. The van der Waals surface area contributed by atoms with E-state index in [1.807, 2.05) is 41.3 Å². The summed E-state index contributed by atoms with van der Waals surface area (Å²) in [5.74, 6) is -0.0645. The van der Waals surface area contributed by atoms with Crippen molar-refractivity contribution in [1.82, 2.24) is 14.9 Å². The third-order valence-corrected chi connectivity index (χ3v) is 7.44. The van der Waals surface area contributed by atoms with Gasteiger partial charge in [-0.3, -0.25) is 9.59 Å². The maximum atomic E-state index is 12.8. The van der Waals surface area contributed by atoms with E-state index in [2.05, 4.69) is 20.2 Å². The second kappa shape index (κ2) is 7.64. The van der Waals surface area contributed by atoms with Gasteiger partial charge in [-0.15, -0.1) is 11.8 Å². The average molecular weight is 426 g/mol. The molecule has 0 bridgehead atoms. The summed E-state index contributed by atoms with van der Waals surface area (Å²) in [5.41, 5.74) is 1.73. The van der Waals surface area contributed by atoms with Gasteiger partial charge in [0, 0.05) is 43.7 Å². The Labute approximate surface area is 176 Å². The van der Waals surface area contributed by atoms with E-state index in [1.165, 1.54) is 11.8 Å². The lowest BCUT2D eigenvalue weighted by atomic mass is 10.2. The number of hydrogen-bond donors (Lipinski definition) is 1. The molecule has 0 aliphatic carbocycles. The smallest absolute Gasteiger partial charge is 0.238 e. The molecule has 4 heterocycles. The fraction of sp³-hybridized carbons (Fsp3) is 0.300. The Balaban J connectivity index is 1.20. The highest BCUT2D eigenvalue weighted by molar-refractivity contribution is 8.01.